The Morgan fingerprint density at radius 3 is 2.61 bits per heavy atom. The number of para-hydroxylation sites is 4. The molecule has 0 atom stereocenters. The van der Waals surface area contributed by atoms with E-state index in [-0.39, 0.29) is 12.5 Å². The number of aromatic nitrogens is 2. The number of hydrogen-bond donors (Lipinski definition) is 2. The summed E-state index contributed by atoms with van der Waals surface area (Å²) >= 11 is 0. The van der Waals surface area contributed by atoms with Gasteiger partial charge in [0.15, 0.2) is 6.61 Å². The van der Waals surface area contributed by atoms with Gasteiger partial charge < -0.3 is 15.0 Å². The summed E-state index contributed by atoms with van der Waals surface area (Å²) in [7, 11) is 0. The average molecular weight is 371 g/mol. The highest BCUT2D eigenvalue weighted by Gasteiger charge is 2.12. The standard InChI is InChI=1S/C23H21N3O2/c1-2-16-9-3-8-14-21(16)28-15-22(27)24-18-11-5-4-10-17(18)23-25-19-12-6-7-13-20(19)26-23/h3-14H,2,15H2,1H3,(H,24,27)(H,25,26). The Balaban J connectivity index is 1.51. The molecule has 4 rings (SSSR count). The number of amides is 1. The van der Waals surface area contributed by atoms with Crippen molar-refractivity contribution in [3.05, 3.63) is 78.4 Å². The Morgan fingerprint density at radius 2 is 1.75 bits per heavy atom. The molecule has 0 aliphatic rings. The van der Waals surface area contributed by atoms with Crippen molar-refractivity contribution in [2.45, 2.75) is 13.3 Å². The van der Waals surface area contributed by atoms with Crippen molar-refractivity contribution >= 4 is 22.6 Å². The van der Waals surface area contributed by atoms with Crippen LogP contribution >= 0.6 is 0 Å². The number of carbonyl (C=O) groups is 1. The summed E-state index contributed by atoms with van der Waals surface area (Å²) < 4.78 is 5.72. The zero-order chi connectivity index (χ0) is 19.3. The molecule has 0 fully saturated rings. The molecule has 140 valence electrons. The van der Waals surface area contributed by atoms with Crippen molar-refractivity contribution in [2.24, 2.45) is 0 Å². The summed E-state index contributed by atoms with van der Waals surface area (Å²) in [5.74, 6) is 1.24. The number of H-pyrrole nitrogens is 1. The van der Waals surface area contributed by atoms with Gasteiger partial charge in [-0.1, -0.05) is 49.4 Å². The van der Waals surface area contributed by atoms with Crippen LogP contribution < -0.4 is 10.1 Å². The highest BCUT2D eigenvalue weighted by atomic mass is 16.5. The molecule has 0 aliphatic carbocycles. The molecule has 0 saturated heterocycles. The van der Waals surface area contributed by atoms with E-state index >= 15 is 0 Å². The summed E-state index contributed by atoms with van der Waals surface area (Å²) in [4.78, 5) is 20.4. The number of nitrogens with zero attached hydrogens (tertiary/aromatic N) is 1. The van der Waals surface area contributed by atoms with Gasteiger partial charge in [0, 0.05) is 5.56 Å². The van der Waals surface area contributed by atoms with Crippen LogP contribution in [0.4, 0.5) is 5.69 Å². The van der Waals surface area contributed by atoms with Crippen LogP contribution in [0.1, 0.15) is 12.5 Å². The summed E-state index contributed by atoms with van der Waals surface area (Å²) in [6.07, 6.45) is 0.854. The van der Waals surface area contributed by atoms with E-state index in [2.05, 4.69) is 22.2 Å². The minimum atomic E-state index is -0.213. The van der Waals surface area contributed by atoms with Crippen LogP contribution in [0, 0.1) is 0 Å². The minimum Gasteiger partial charge on any atom is -0.483 e. The second kappa shape index (κ2) is 7.96. The zero-order valence-corrected chi connectivity index (χ0v) is 15.6. The lowest BCUT2D eigenvalue weighted by Crippen LogP contribution is -2.21. The van der Waals surface area contributed by atoms with Gasteiger partial charge in [-0.25, -0.2) is 4.98 Å². The third-order valence-electron chi connectivity index (χ3n) is 4.56. The van der Waals surface area contributed by atoms with Crippen LogP contribution in [0.25, 0.3) is 22.4 Å². The van der Waals surface area contributed by atoms with Gasteiger partial charge in [-0.15, -0.1) is 0 Å². The van der Waals surface area contributed by atoms with Crippen LogP contribution in [0.3, 0.4) is 0 Å². The number of imidazole rings is 1. The molecule has 28 heavy (non-hydrogen) atoms. The van der Waals surface area contributed by atoms with Crippen molar-refractivity contribution in [3.8, 4) is 17.1 Å². The molecule has 5 nitrogen and oxygen atoms in total. The molecule has 5 heteroatoms. The van der Waals surface area contributed by atoms with Gasteiger partial charge in [-0.3, -0.25) is 4.79 Å². The molecule has 0 saturated carbocycles. The van der Waals surface area contributed by atoms with Gasteiger partial charge in [0.05, 0.1) is 16.7 Å². The molecular formula is C23H21N3O2. The van der Waals surface area contributed by atoms with Crippen LogP contribution in [-0.4, -0.2) is 22.5 Å². The van der Waals surface area contributed by atoms with Gasteiger partial charge in [0.1, 0.15) is 11.6 Å². The largest absolute Gasteiger partial charge is 0.483 e. The van der Waals surface area contributed by atoms with Gasteiger partial charge in [-0.2, -0.15) is 0 Å². The summed E-state index contributed by atoms with van der Waals surface area (Å²) in [6.45, 7) is 2.01. The SMILES string of the molecule is CCc1ccccc1OCC(=O)Nc1ccccc1-c1nc2ccccc2[nH]1. The topological polar surface area (TPSA) is 67.0 Å². The van der Waals surface area contributed by atoms with Crippen LogP contribution in [-0.2, 0) is 11.2 Å². The molecule has 4 aromatic rings. The summed E-state index contributed by atoms with van der Waals surface area (Å²) in [5.41, 5.74) is 4.45. The third-order valence-corrected chi connectivity index (χ3v) is 4.56. The van der Waals surface area contributed by atoms with E-state index in [1.807, 2.05) is 72.8 Å². The Labute approximate surface area is 163 Å². The quantitative estimate of drug-likeness (QED) is 0.511. The molecule has 0 bridgehead atoms. The van der Waals surface area contributed by atoms with Crippen molar-refractivity contribution in [1.29, 1.82) is 0 Å². The Kier molecular flexibility index (Phi) is 5.06. The van der Waals surface area contributed by atoms with E-state index in [1.165, 1.54) is 0 Å². The molecular weight excluding hydrogens is 350 g/mol. The summed E-state index contributed by atoms with van der Waals surface area (Å²) in [5, 5.41) is 2.94. The molecule has 1 heterocycles. The van der Waals surface area contributed by atoms with Gasteiger partial charge >= 0.3 is 0 Å². The van der Waals surface area contributed by atoms with E-state index in [9.17, 15) is 4.79 Å². The van der Waals surface area contributed by atoms with Crippen molar-refractivity contribution in [2.75, 3.05) is 11.9 Å². The number of benzene rings is 3. The molecule has 0 radical (unpaired) electrons. The highest BCUT2D eigenvalue weighted by Crippen LogP contribution is 2.27. The van der Waals surface area contributed by atoms with E-state index in [1.54, 1.807) is 0 Å². The number of anilines is 1. The second-order valence-corrected chi connectivity index (χ2v) is 6.45. The lowest BCUT2D eigenvalue weighted by molar-refractivity contribution is -0.118. The van der Waals surface area contributed by atoms with Crippen molar-refractivity contribution in [1.82, 2.24) is 9.97 Å². The zero-order valence-electron chi connectivity index (χ0n) is 15.6. The first-order valence-electron chi connectivity index (χ1n) is 9.29. The lowest BCUT2D eigenvalue weighted by Gasteiger charge is -2.12. The number of rotatable bonds is 6. The fourth-order valence-corrected chi connectivity index (χ4v) is 3.15. The fraction of sp³-hybridized carbons (Fsp3) is 0.130. The van der Waals surface area contributed by atoms with Gasteiger partial charge in [-0.05, 0) is 42.3 Å². The smallest absolute Gasteiger partial charge is 0.262 e. The number of aromatic amines is 1. The first-order valence-corrected chi connectivity index (χ1v) is 9.29. The van der Waals surface area contributed by atoms with Crippen molar-refractivity contribution < 1.29 is 9.53 Å². The predicted molar refractivity (Wildman–Crippen MR) is 111 cm³/mol. The minimum absolute atomic E-state index is 0.0501. The number of hydrogen-bond acceptors (Lipinski definition) is 3. The maximum atomic E-state index is 12.5. The van der Waals surface area contributed by atoms with Crippen molar-refractivity contribution in [3.63, 3.8) is 0 Å². The Bertz CT molecular complexity index is 1080. The molecule has 0 aliphatic heterocycles. The van der Waals surface area contributed by atoms with E-state index in [0.29, 0.717) is 11.5 Å². The Morgan fingerprint density at radius 1 is 1.00 bits per heavy atom. The van der Waals surface area contributed by atoms with Crippen LogP contribution in [0.5, 0.6) is 5.75 Å². The highest BCUT2D eigenvalue weighted by molar-refractivity contribution is 5.96. The van der Waals surface area contributed by atoms with E-state index in [0.717, 1.165) is 34.3 Å². The molecule has 0 unspecified atom stereocenters. The normalized spacial score (nSPS) is 10.8. The molecule has 0 spiro atoms. The Hall–Kier alpha value is -3.60. The van der Waals surface area contributed by atoms with Gasteiger partial charge in [0.2, 0.25) is 0 Å². The second-order valence-electron chi connectivity index (χ2n) is 6.45. The maximum Gasteiger partial charge on any atom is 0.262 e. The summed E-state index contributed by atoms with van der Waals surface area (Å²) in [6, 6.07) is 23.2. The molecule has 1 amide bonds. The number of aryl methyl sites for hydroxylation is 1. The van der Waals surface area contributed by atoms with Gasteiger partial charge in [0.25, 0.3) is 5.91 Å². The first-order chi connectivity index (χ1) is 13.7. The van der Waals surface area contributed by atoms with E-state index < -0.39 is 0 Å². The average Bonchev–Trinajstić information content (AvgIpc) is 3.17. The number of ether oxygens (including phenoxy) is 1. The maximum absolute atomic E-state index is 12.5. The molecule has 1 aromatic heterocycles. The van der Waals surface area contributed by atoms with Crippen LogP contribution in [0.15, 0.2) is 72.8 Å². The van der Waals surface area contributed by atoms with E-state index in [4.69, 9.17) is 4.74 Å². The fourth-order valence-electron chi connectivity index (χ4n) is 3.15. The van der Waals surface area contributed by atoms with Crippen LogP contribution in [0.2, 0.25) is 0 Å². The first kappa shape index (κ1) is 17.8. The lowest BCUT2D eigenvalue weighted by atomic mass is 10.1. The number of nitrogens with one attached hydrogen (secondary N) is 2. The number of fused-ring (bicyclic) bond motifs is 1. The predicted octanol–water partition coefficient (Wildman–Crippen LogP) is 4.81. The number of carbonyl (C=O) groups excluding carboxylic acids is 1. The third kappa shape index (κ3) is 3.74. The monoisotopic (exact) mass is 371 g/mol. The molecule has 3 aromatic carbocycles. The molecule has 2 N–H and O–H groups in total.